The maximum Gasteiger partial charge on any atom is 0.311 e. The molecule has 0 unspecified atom stereocenters. The van der Waals surface area contributed by atoms with E-state index in [1.165, 1.54) is 7.11 Å². The molecule has 3 heteroatoms. The number of allylic oxidation sites excluding steroid dienone is 1. The molecule has 0 aliphatic carbocycles. The van der Waals surface area contributed by atoms with Gasteiger partial charge in [0.05, 0.1) is 19.1 Å². The second-order valence-electron chi connectivity index (χ2n) is 3.72. The lowest BCUT2D eigenvalue weighted by Gasteiger charge is -2.23. The van der Waals surface area contributed by atoms with Gasteiger partial charge in [0.2, 0.25) is 0 Å². The molecule has 1 aromatic rings. The number of hydrogen-bond acceptors (Lipinski definition) is 3. The van der Waals surface area contributed by atoms with Crippen molar-refractivity contribution in [3.63, 3.8) is 0 Å². The molecule has 3 nitrogen and oxygen atoms in total. The molecule has 0 amide bonds. The number of carbonyl (C=O) groups excluding carboxylic acids is 1. The van der Waals surface area contributed by atoms with Gasteiger partial charge in [-0.3, -0.25) is 4.79 Å². The van der Waals surface area contributed by atoms with E-state index in [9.17, 15) is 4.79 Å². The molecular weight excluding hydrogens is 216 g/mol. The second kappa shape index (κ2) is 6.86. The predicted molar refractivity (Wildman–Crippen MR) is 66.5 cm³/mol. The van der Waals surface area contributed by atoms with Crippen LogP contribution in [0.2, 0.25) is 0 Å². The zero-order valence-corrected chi connectivity index (χ0v) is 10.3. The van der Waals surface area contributed by atoms with Crippen LogP contribution in [0.15, 0.2) is 43.0 Å². The Balaban J connectivity index is 2.96. The van der Waals surface area contributed by atoms with E-state index in [0.717, 1.165) is 5.56 Å². The topological polar surface area (TPSA) is 35.5 Å². The summed E-state index contributed by atoms with van der Waals surface area (Å²) in [6, 6.07) is 9.64. The van der Waals surface area contributed by atoms with E-state index < -0.39 is 0 Å². The summed E-state index contributed by atoms with van der Waals surface area (Å²) in [5, 5.41) is 0. The SMILES string of the molecule is C=CC[C@H](C(=O)OC)[C@@H](OC)c1ccccc1. The van der Waals surface area contributed by atoms with Crippen molar-refractivity contribution in [1.29, 1.82) is 0 Å². The van der Waals surface area contributed by atoms with Gasteiger partial charge in [-0.25, -0.2) is 0 Å². The first-order chi connectivity index (χ1) is 8.24. The highest BCUT2D eigenvalue weighted by molar-refractivity contribution is 5.73. The normalized spacial score (nSPS) is 13.8. The molecule has 1 rings (SSSR count). The van der Waals surface area contributed by atoms with Crippen molar-refractivity contribution in [3.8, 4) is 0 Å². The van der Waals surface area contributed by atoms with E-state index in [4.69, 9.17) is 9.47 Å². The number of carbonyl (C=O) groups is 1. The van der Waals surface area contributed by atoms with Crippen molar-refractivity contribution in [1.82, 2.24) is 0 Å². The summed E-state index contributed by atoms with van der Waals surface area (Å²) in [7, 11) is 2.98. The summed E-state index contributed by atoms with van der Waals surface area (Å²) in [6.07, 6.45) is 1.93. The smallest absolute Gasteiger partial charge is 0.311 e. The Morgan fingerprint density at radius 2 is 2.00 bits per heavy atom. The predicted octanol–water partition coefficient (Wildman–Crippen LogP) is 2.74. The molecule has 17 heavy (non-hydrogen) atoms. The van der Waals surface area contributed by atoms with Crippen molar-refractivity contribution in [3.05, 3.63) is 48.6 Å². The molecule has 0 spiro atoms. The van der Waals surface area contributed by atoms with Gasteiger partial charge in [0.1, 0.15) is 0 Å². The van der Waals surface area contributed by atoms with Gasteiger partial charge in [-0.15, -0.1) is 6.58 Å². The van der Waals surface area contributed by atoms with Crippen molar-refractivity contribution < 1.29 is 14.3 Å². The fourth-order valence-electron chi connectivity index (χ4n) is 1.85. The standard InChI is InChI=1S/C14H18O3/c1-4-8-12(14(15)17-3)13(16-2)11-9-6-5-7-10-11/h4-7,9-10,12-13H,1,8H2,2-3H3/t12-,13-/m0/s1. The van der Waals surface area contributed by atoms with Crippen LogP contribution < -0.4 is 0 Å². The first-order valence-corrected chi connectivity index (χ1v) is 5.51. The van der Waals surface area contributed by atoms with Crippen LogP contribution in [0.25, 0.3) is 0 Å². The second-order valence-corrected chi connectivity index (χ2v) is 3.72. The monoisotopic (exact) mass is 234 g/mol. The van der Waals surface area contributed by atoms with Crippen LogP contribution in [-0.4, -0.2) is 20.2 Å². The molecule has 0 aliphatic rings. The van der Waals surface area contributed by atoms with Gasteiger partial charge >= 0.3 is 5.97 Å². The van der Waals surface area contributed by atoms with Crippen molar-refractivity contribution >= 4 is 5.97 Å². The third-order valence-electron chi connectivity index (χ3n) is 2.67. The zero-order chi connectivity index (χ0) is 12.7. The lowest BCUT2D eigenvalue weighted by Crippen LogP contribution is -2.24. The largest absolute Gasteiger partial charge is 0.469 e. The van der Waals surface area contributed by atoms with E-state index in [2.05, 4.69) is 6.58 Å². The lowest BCUT2D eigenvalue weighted by atomic mass is 9.92. The highest BCUT2D eigenvalue weighted by Crippen LogP contribution is 2.29. The maximum atomic E-state index is 11.7. The molecule has 0 fully saturated rings. The van der Waals surface area contributed by atoms with Crippen molar-refractivity contribution in [2.75, 3.05) is 14.2 Å². The molecule has 0 heterocycles. The van der Waals surface area contributed by atoms with Gasteiger partial charge in [-0.2, -0.15) is 0 Å². The summed E-state index contributed by atoms with van der Waals surface area (Å²) in [4.78, 5) is 11.7. The maximum absolute atomic E-state index is 11.7. The zero-order valence-electron chi connectivity index (χ0n) is 10.3. The average Bonchev–Trinajstić information content (AvgIpc) is 2.39. The molecule has 0 aromatic heterocycles. The summed E-state index contributed by atoms with van der Waals surface area (Å²) in [6.45, 7) is 3.66. The molecule has 0 bridgehead atoms. The van der Waals surface area contributed by atoms with Gasteiger partial charge < -0.3 is 9.47 Å². The van der Waals surface area contributed by atoms with Crippen LogP contribution in [0.4, 0.5) is 0 Å². The highest BCUT2D eigenvalue weighted by Gasteiger charge is 2.29. The molecule has 0 radical (unpaired) electrons. The highest BCUT2D eigenvalue weighted by atomic mass is 16.5. The van der Waals surface area contributed by atoms with Gasteiger partial charge in [-0.05, 0) is 12.0 Å². The quantitative estimate of drug-likeness (QED) is 0.561. The number of ether oxygens (including phenoxy) is 2. The fraction of sp³-hybridized carbons (Fsp3) is 0.357. The summed E-state index contributed by atoms with van der Waals surface area (Å²) in [5.74, 6) is -0.634. The Kier molecular flexibility index (Phi) is 5.43. The van der Waals surface area contributed by atoms with Crippen LogP contribution in [-0.2, 0) is 14.3 Å². The molecule has 0 N–H and O–H groups in total. The summed E-state index contributed by atoms with van der Waals surface area (Å²) in [5.41, 5.74) is 0.965. The van der Waals surface area contributed by atoms with Crippen molar-refractivity contribution in [2.24, 2.45) is 5.92 Å². The fourth-order valence-corrected chi connectivity index (χ4v) is 1.85. The Morgan fingerprint density at radius 3 is 2.47 bits per heavy atom. The first kappa shape index (κ1) is 13.5. The van der Waals surface area contributed by atoms with E-state index in [1.807, 2.05) is 30.3 Å². The molecule has 1 aromatic carbocycles. The van der Waals surface area contributed by atoms with E-state index in [0.29, 0.717) is 6.42 Å². The minimum absolute atomic E-state index is 0.277. The molecule has 92 valence electrons. The molecule has 0 saturated carbocycles. The van der Waals surface area contributed by atoms with Crippen LogP contribution >= 0.6 is 0 Å². The molecule has 0 saturated heterocycles. The number of esters is 1. The first-order valence-electron chi connectivity index (χ1n) is 5.51. The minimum atomic E-state index is -0.357. The van der Waals surface area contributed by atoms with E-state index in [-0.39, 0.29) is 18.0 Å². The third-order valence-corrected chi connectivity index (χ3v) is 2.67. The summed E-state index contributed by atoms with van der Waals surface area (Å²) < 4.78 is 10.2. The van der Waals surface area contributed by atoms with Crippen LogP contribution in [0.5, 0.6) is 0 Å². The van der Waals surface area contributed by atoms with E-state index in [1.54, 1.807) is 13.2 Å². The van der Waals surface area contributed by atoms with Gasteiger partial charge in [0.15, 0.2) is 0 Å². The number of methoxy groups -OCH3 is 2. The number of rotatable bonds is 6. The van der Waals surface area contributed by atoms with Crippen LogP contribution in [0.1, 0.15) is 18.1 Å². The van der Waals surface area contributed by atoms with E-state index >= 15 is 0 Å². The molecular formula is C14H18O3. The van der Waals surface area contributed by atoms with Gasteiger partial charge in [0, 0.05) is 7.11 Å². The molecule has 2 atom stereocenters. The molecule has 0 aliphatic heterocycles. The third kappa shape index (κ3) is 3.43. The average molecular weight is 234 g/mol. The summed E-state index contributed by atoms with van der Waals surface area (Å²) >= 11 is 0. The Bertz CT molecular complexity index is 359. The Morgan fingerprint density at radius 1 is 1.35 bits per heavy atom. The number of hydrogen-bond donors (Lipinski definition) is 0. The van der Waals surface area contributed by atoms with Crippen LogP contribution in [0, 0.1) is 5.92 Å². The lowest BCUT2D eigenvalue weighted by molar-refractivity contribution is -0.150. The van der Waals surface area contributed by atoms with Crippen LogP contribution in [0.3, 0.4) is 0 Å². The van der Waals surface area contributed by atoms with Gasteiger partial charge in [0.25, 0.3) is 0 Å². The Hall–Kier alpha value is -1.61. The van der Waals surface area contributed by atoms with Crippen molar-refractivity contribution in [2.45, 2.75) is 12.5 Å². The number of benzene rings is 1. The van der Waals surface area contributed by atoms with Gasteiger partial charge in [-0.1, -0.05) is 36.4 Å². The Labute approximate surface area is 102 Å². The minimum Gasteiger partial charge on any atom is -0.469 e.